The highest BCUT2D eigenvalue weighted by molar-refractivity contribution is 6.07. The van der Waals surface area contributed by atoms with E-state index in [9.17, 15) is 14.4 Å². The quantitative estimate of drug-likeness (QED) is 0.853. The van der Waals surface area contributed by atoms with Gasteiger partial charge in [0.1, 0.15) is 6.11 Å². The standard InChI is InChI=1S/C16H16N2O5/c1-5-22-13(18-14(20)16(3,4)23-15(18)21)12(19)17-11-9-7-6-8-10(11)2/h1,6-9,13H,2-4H3,(H,17,19). The molecule has 1 N–H and O–H groups in total. The van der Waals surface area contributed by atoms with Crippen molar-refractivity contribution in [2.24, 2.45) is 0 Å². The number of carbonyl (C=O) groups excluding carboxylic acids is 3. The summed E-state index contributed by atoms with van der Waals surface area (Å²) in [5.74, 6) is -1.46. The highest BCUT2D eigenvalue weighted by Gasteiger charge is 2.52. The Morgan fingerprint density at radius 2 is 2.04 bits per heavy atom. The number of para-hydroxylation sites is 1. The molecule has 0 spiro atoms. The Bertz CT molecular complexity index is 705. The van der Waals surface area contributed by atoms with E-state index in [2.05, 4.69) is 5.32 Å². The molecule has 120 valence electrons. The summed E-state index contributed by atoms with van der Waals surface area (Å²) in [6.45, 7) is 4.63. The van der Waals surface area contributed by atoms with Crippen LogP contribution in [0.3, 0.4) is 0 Å². The molecule has 0 saturated carbocycles. The average Bonchev–Trinajstić information content (AvgIpc) is 2.67. The monoisotopic (exact) mass is 316 g/mol. The number of hydrogen-bond acceptors (Lipinski definition) is 5. The largest absolute Gasteiger partial charge is 0.433 e. The van der Waals surface area contributed by atoms with E-state index >= 15 is 0 Å². The maximum Gasteiger partial charge on any atom is 0.421 e. The molecular formula is C16H16N2O5. The second kappa shape index (κ2) is 6.01. The predicted octanol–water partition coefficient (Wildman–Crippen LogP) is 1.62. The van der Waals surface area contributed by atoms with Crippen LogP contribution in [-0.4, -0.2) is 34.6 Å². The summed E-state index contributed by atoms with van der Waals surface area (Å²) >= 11 is 0. The molecule has 1 atom stereocenters. The minimum atomic E-state index is -1.61. The molecule has 3 amide bonds. The van der Waals surface area contributed by atoms with E-state index in [0.29, 0.717) is 10.6 Å². The number of imide groups is 1. The summed E-state index contributed by atoms with van der Waals surface area (Å²) in [6, 6.07) is 7.02. The van der Waals surface area contributed by atoms with E-state index in [-0.39, 0.29) is 0 Å². The van der Waals surface area contributed by atoms with Gasteiger partial charge in [-0.05, 0) is 32.4 Å². The maximum atomic E-state index is 12.4. The lowest BCUT2D eigenvalue weighted by molar-refractivity contribution is -0.146. The van der Waals surface area contributed by atoms with Gasteiger partial charge in [0.25, 0.3) is 18.0 Å². The number of nitrogens with zero attached hydrogens (tertiary/aromatic N) is 1. The second-order valence-corrected chi connectivity index (χ2v) is 5.45. The Labute approximate surface area is 133 Å². The summed E-state index contributed by atoms with van der Waals surface area (Å²) in [5.41, 5.74) is -0.0608. The summed E-state index contributed by atoms with van der Waals surface area (Å²) in [6.07, 6.45) is 4.31. The molecule has 0 aromatic heterocycles. The lowest BCUT2D eigenvalue weighted by atomic mass is 10.1. The van der Waals surface area contributed by atoms with E-state index < -0.39 is 29.7 Å². The number of hydrogen-bond donors (Lipinski definition) is 1. The summed E-state index contributed by atoms with van der Waals surface area (Å²) in [4.78, 5) is 37.1. The topological polar surface area (TPSA) is 84.9 Å². The van der Waals surface area contributed by atoms with Crippen LogP contribution in [0.15, 0.2) is 24.3 Å². The highest BCUT2D eigenvalue weighted by atomic mass is 16.6. The number of nitrogens with one attached hydrogen (secondary N) is 1. The number of aryl methyl sites for hydroxylation is 1. The fourth-order valence-electron chi connectivity index (χ4n) is 2.08. The van der Waals surface area contributed by atoms with Crippen molar-refractivity contribution in [1.29, 1.82) is 0 Å². The minimum Gasteiger partial charge on any atom is -0.433 e. The first-order valence-corrected chi connectivity index (χ1v) is 6.82. The van der Waals surface area contributed by atoms with Crippen molar-refractivity contribution < 1.29 is 23.9 Å². The Hall–Kier alpha value is -3.01. The normalized spacial score (nSPS) is 17.2. The Balaban J connectivity index is 2.27. The molecule has 1 saturated heterocycles. The van der Waals surface area contributed by atoms with Crippen molar-refractivity contribution in [3.05, 3.63) is 29.8 Å². The van der Waals surface area contributed by atoms with Gasteiger partial charge >= 0.3 is 6.09 Å². The maximum absolute atomic E-state index is 12.4. The van der Waals surface area contributed by atoms with Crippen LogP contribution >= 0.6 is 0 Å². The smallest absolute Gasteiger partial charge is 0.421 e. The van der Waals surface area contributed by atoms with Gasteiger partial charge in [-0.3, -0.25) is 9.59 Å². The number of carbonyl (C=O) groups is 3. The zero-order valence-corrected chi connectivity index (χ0v) is 13.0. The van der Waals surface area contributed by atoms with Crippen molar-refractivity contribution in [3.63, 3.8) is 0 Å². The van der Waals surface area contributed by atoms with Crippen LogP contribution in [0.4, 0.5) is 10.5 Å². The van der Waals surface area contributed by atoms with Gasteiger partial charge in [0, 0.05) is 5.69 Å². The number of benzene rings is 1. The van der Waals surface area contributed by atoms with Crippen LogP contribution in [0.1, 0.15) is 19.4 Å². The first-order valence-electron chi connectivity index (χ1n) is 6.82. The van der Waals surface area contributed by atoms with E-state index in [1.54, 1.807) is 25.1 Å². The molecule has 1 aromatic rings. The van der Waals surface area contributed by atoms with E-state index in [1.165, 1.54) is 13.8 Å². The number of cyclic esters (lactones) is 1. The predicted molar refractivity (Wildman–Crippen MR) is 80.9 cm³/mol. The van der Waals surface area contributed by atoms with E-state index in [0.717, 1.165) is 5.56 Å². The molecular weight excluding hydrogens is 300 g/mol. The van der Waals surface area contributed by atoms with Crippen LogP contribution < -0.4 is 5.32 Å². The average molecular weight is 316 g/mol. The molecule has 1 aromatic carbocycles. The molecule has 0 aliphatic carbocycles. The third-order valence-electron chi connectivity index (χ3n) is 3.31. The van der Waals surface area contributed by atoms with Crippen LogP contribution in [0.25, 0.3) is 0 Å². The Morgan fingerprint density at radius 3 is 2.57 bits per heavy atom. The molecule has 23 heavy (non-hydrogen) atoms. The first-order chi connectivity index (χ1) is 10.8. The molecule has 1 heterocycles. The highest BCUT2D eigenvalue weighted by Crippen LogP contribution is 2.26. The lowest BCUT2D eigenvalue weighted by Crippen LogP contribution is -2.49. The summed E-state index contributed by atoms with van der Waals surface area (Å²) in [5, 5.41) is 2.58. The fraction of sp³-hybridized carbons (Fsp3) is 0.312. The Morgan fingerprint density at radius 1 is 1.39 bits per heavy atom. The molecule has 1 aliphatic heterocycles. The van der Waals surface area contributed by atoms with Gasteiger partial charge in [0.15, 0.2) is 5.60 Å². The number of ether oxygens (including phenoxy) is 2. The third-order valence-corrected chi connectivity index (χ3v) is 3.31. The van der Waals surface area contributed by atoms with Gasteiger partial charge in [0.2, 0.25) is 0 Å². The molecule has 0 bridgehead atoms. The molecule has 1 fully saturated rings. The van der Waals surface area contributed by atoms with Crippen LogP contribution in [0, 0.1) is 19.5 Å². The van der Waals surface area contributed by atoms with Crippen molar-refractivity contribution in [3.8, 4) is 12.5 Å². The molecule has 2 rings (SSSR count). The second-order valence-electron chi connectivity index (χ2n) is 5.45. The zero-order chi connectivity index (χ0) is 17.2. The molecule has 7 heteroatoms. The van der Waals surface area contributed by atoms with Gasteiger partial charge < -0.3 is 14.8 Å². The summed E-state index contributed by atoms with van der Waals surface area (Å²) in [7, 11) is 0. The van der Waals surface area contributed by atoms with Crippen molar-refractivity contribution in [2.75, 3.05) is 5.32 Å². The van der Waals surface area contributed by atoms with Crippen LogP contribution in [0.2, 0.25) is 0 Å². The van der Waals surface area contributed by atoms with Crippen molar-refractivity contribution in [2.45, 2.75) is 32.6 Å². The molecule has 1 unspecified atom stereocenters. The van der Waals surface area contributed by atoms with Gasteiger partial charge in [-0.2, -0.15) is 4.90 Å². The first kappa shape index (κ1) is 16.4. The molecule has 1 aliphatic rings. The summed E-state index contributed by atoms with van der Waals surface area (Å²) < 4.78 is 9.79. The van der Waals surface area contributed by atoms with Gasteiger partial charge in [-0.25, -0.2) is 4.79 Å². The number of terminal acetylenes is 1. The van der Waals surface area contributed by atoms with E-state index in [4.69, 9.17) is 15.9 Å². The third kappa shape index (κ3) is 3.11. The van der Waals surface area contributed by atoms with Gasteiger partial charge in [0.05, 0.1) is 0 Å². The van der Waals surface area contributed by atoms with Gasteiger partial charge in [-0.1, -0.05) is 24.6 Å². The number of anilines is 1. The fourth-order valence-corrected chi connectivity index (χ4v) is 2.08. The van der Waals surface area contributed by atoms with E-state index in [1.807, 2.05) is 12.2 Å². The number of rotatable bonds is 4. The molecule has 7 nitrogen and oxygen atoms in total. The lowest BCUT2D eigenvalue weighted by Gasteiger charge is -2.22. The molecule has 0 radical (unpaired) electrons. The van der Waals surface area contributed by atoms with Crippen LogP contribution in [-0.2, 0) is 19.1 Å². The van der Waals surface area contributed by atoms with Crippen molar-refractivity contribution >= 4 is 23.6 Å². The zero-order valence-electron chi connectivity index (χ0n) is 13.0. The van der Waals surface area contributed by atoms with Crippen molar-refractivity contribution in [1.82, 2.24) is 4.90 Å². The number of amides is 3. The van der Waals surface area contributed by atoms with Crippen LogP contribution in [0.5, 0.6) is 0 Å². The SMILES string of the molecule is C#COC(C(=O)Nc1ccccc1C)N1C(=O)OC(C)(C)C1=O. The Kier molecular flexibility index (Phi) is 4.27. The minimum absolute atomic E-state index is 0.516. The van der Waals surface area contributed by atoms with Gasteiger partial charge in [-0.15, -0.1) is 0 Å².